The van der Waals surface area contributed by atoms with Crippen molar-refractivity contribution >= 4 is 40.0 Å². The maximum atomic E-state index is 15.2. The van der Waals surface area contributed by atoms with Crippen molar-refractivity contribution in [1.29, 1.82) is 0 Å². The first-order chi connectivity index (χ1) is 23.1. The highest BCUT2D eigenvalue weighted by Gasteiger charge is 2.42. The second kappa shape index (κ2) is 12.6. The molecule has 2 fully saturated rings. The van der Waals surface area contributed by atoms with Gasteiger partial charge in [-0.15, -0.1) is 11.3 Å². The van der Waals surface area contributed by atoms with Crippen LogP contribution < -0.4 is 11.3 Å². The Bertz CT molecular complexity index is 2030. The Balaban J connectivity index is 1.05. The van der Waals surface area contributed by atoms with Gasteiger partial charge in [-0.05, 0) is 49.1 Å². The van der Waals surface area contributed by atoms with Gasteiger partial charge >= 0.3 is 0 Å². The second-order valence-electron chi connectivity index (χ2n) is 12.8. The number of anilines is 1. The molecule has 0 aliphatic carbocycles. The number of nitrogen functional groups attached to an aromatic ring is 1. The van der Waals surface area contributed by atoms with Crippen LogP contribution in [-0.2, 0) is 18.4 Å². The number of fused-ring (bicyclic) bond motifs is 1. The summed E-state index contributed by atoms with van der Waals surface area (Å²) in [6.07, 6.45) is 5.86. The molecular formula is C35H36FN7O4S. The normalized spacial score (nSPS) is 19.5. The summed E-state index contributed by atoms with van der Waals surface area (Å²) >= 11 is 1.08. The maximum absolute atomic E-state index is 15.2. The van der Waals surface area contributed by atoms with E-state index >= 15 is 4.39 Å². The van der Waals surface area contributed by atoms with E-state index in [-0.39, 0.29) is 41.3 Å². The van der Waals surface area contributed by atoms with E-state index in [2.05, 4.69) is 9.97 Å². The highest BCUT2D eigenvalue weighted by molar-refractivity contribution is 7.17. The number of piperidine rings is 2. The van der Waals surface area contributed by atoms with Gasteiger partial charge in [0.25, 0.3) is 11.5 Å². The van der Waals surface area contributed by atoms with Gasteiger partial charge in [-0.3, -0.25) is 19.0 Å². The zero-order valence-corrected chi connectivity index (χ0v) is 27.3. The average Bonchev–Trinajstić information content (AvgIpc) is 3.68. The first-order valence-corrected chi connectivity index (χ1v) is 16.8. The number of hydrogen-bond donors (Lipinski definition) is 2. The summed E-state index contributed by atoms with van der Waals surface area (Å²) in [5, 5.41) is 12.0. The first kappa shape index (κ1) is 31.7. The number of aryl methyl sites for hydroxylation is 1. The van der Waals surface area contributed by atoms with Crippen molar-refractivity contribution < 1.29 is 19.1 Å². The van der Waals surface area contributed by atoms with Gasteiger partial charge in [0.2, 0.25) is 5.91 Å². The zero-order valence-electron chi connectivity index (χ0n) is 26.5. The fourth-order valence-corrected chi connectivity index (χ4v) is 7.96. The number of benzene rings is 1. The van der Waals surface area contributed by atoms with E-state index in [9.17, 15) is 19.5 Å². The first-order valence-electron chi connectivity index (χ1n) is 16.0. The quantitative estimate of drug-likeness (QED) is 0.280. The maximum Gasteiger partial charge on any atom is 0.266 e. The van der Waals surface area contributed by atoms with Crippen molar-refractivity contribution in [3.63, 3.8) is 0 Å². The third-order valence-corrected chi connectivity index (χ3v) is 10.9. The lowest BCUT2D eigenvalue weighted by atomic mass is 9.79. The number of nitrogens with zero attached hydrogens (tertiary/aromatic N) is 6. The Morgan fingerprint density at radius 2 is 1.83 bits per heavy atom. The highest BCUT2D eigenvalue weighted by Crippen LogP contribution is 2.38. The van der Waals surface area contributed by atoms with Crippen LogP contribution in [0.1, 0.15) is 40.4 Å². The molecule has 1 aromatic carbocycles. The molecule has 13 heteroatoms. The molecule has 4 aromatic heterocycles. The van der Waals surface area contributed by atoms with Gasteiger partial charge in [0.1, 0.15) is 28.5 Å². The number of aliphatic hydroxyl groups is 1. The number of rotatable bonds is 6. The summed E-state index contributed by atoms with van der Waals surface area (Å²) in [5.74, 6) is -1.34. The van der Waals surface area contributed by atoms with Gasteiger partial charge in [0.15, 0.2) is 0 Å². The topological polar surface area (TPSA) is 140 Å². The molecule has 11 nitrogen and oxygen atoms in total. The van der Waals surface area contributed by atoms with Gasteiger partial charge < -0.3 is 25.2 Å². The molecule has 2 amide bonds. The standard InChI is InChI=1S/C35H36FN7O4S/c1-40-13-9-25-31(40)39-21-43(33(25)45)20-35(47)11-15-41(16-12-35)32(44)24-10-14-42(19-26(24)22-5-3-2-4-6-22)34(46)30-27(36)17-28(48-30)23-7-8-29(37)38-18-23/h2-9,13,17-18,21,24,26,47H,10-12,14-16,19-20H2,1H3,(H2,37,38)/t24-,26+/m1/s1. The number of amides is 2. The fraction of sp³-hybridized carbons (Fsp3) is 0.343. The fourth-order valence-electron chi connectivity index (χ4n) is 6.97. The predicted molar refractivity (Wildman–Crippen MR) is 181 cm³/mol. The number of nitrogens with two attached hydrogens (primary N) is 1. The van der Waals surface area contributed by atoms with E-state index in [0.717, 1.165) is 16.9 Å². The van der Waals surface area contributed by atoms with Crippen molar-refractivity contribution in [2.45, 2.75) is 37.3 Å². The summed E-state index contributed by atoms with van der Waals surface area (Å²) in [7, 11) is 1.82. The average molecular weight is 670 g/mol. The van der Waals surface area contributed by atoms with Crippen molar-refractivity contribution in [2.24, 2.45) is 13.0 Å². The molecule has 0 bridgehead atoms. The summed E-state index contributed by atoms with van der Waals surface area (Å²) in [5.41, 5.74) is 6.52. The SMILES string of the molecule is Cn1ccc2c(=O)n(CC3(O)CCN(C(=O)[C@@H]4CCN(C(=O)c5sc(-c6ccc(N)nc6)cc5F)C[C@H]4c4ccccc4)CC3)cnc21. The Morgan fingerprint density at radius 1 is 1.06 bits per heavy atom. The molecule has 0 saturated carbocycles. The summed E-state index contributed by atoms with van der Waals surface area (Å²) < 4.78 is 18.4. The van der Waals surface area contributed by atoms with Gasteiger partial charge in [-0.2, -0.15) is 0 Å². The van der Waals surface area contributed by atoms with Gasteiger partial charge in [-0.1, -0.05) is 30.3 Å². The van der Waals surface area contributed by atoms with Crippen LogP contribution in [0.2, 0.25) is 0 Å². The largest absolute Gasteiger partial charge is 0.388 e. The molecular weight excluding hydrogens is 633 g/mol. The second-order valence-corrected chi connectivity index (χ2v) is 13.9. The lowest BCUT2D eigenvalue weighted by Crippen LogP contribution is -2.53. The highest BCUT2D eigenvalue weighted by atomic mass is 32.1. The number of carbonyl (C=O) groups excluding carboxylic acids is 2. The van der Waals surface area contributed by atoms with Crippen LogP contribution in [0.5, 0.6) is 0 Å². The third-order valence-electron chi connectivity index (χ3n) is 9.72. The lowest BCUT2D eigenvalue weighted by molar-refractivity contribution is -0.142. The van der Waals surface area contributed by atoms with Crippen molar-refractivity contribution in [2.75, 3.05) is 31.9 Å². The summed E-state index contributed by atoms with van der Waals surface area (Å²) in [4.78, 5) is 53.4. The van der Waals surface area contributed by atoms with E-state index in [1.165, 1.54) is 17.0 Å². The number of carbonyl (C=O) groups is 2. The number of thiophene rings is 1. The minimum Gasteiger partial charge on any atom is -0.388 e. The summed E-state index contributed by atoms with van der Waals surface area (Å²) in [6.45, 7) is 1.36. The molecule has 5 aromatic rings. The minimum absolute atomic E-state index is 0.0226. The number of halogens is 1. The van der Waals surface area contributed by atoms with Crippen molar-refractivity contribution in [3.8, 4) is 10.4 Å². The molecule has 2 aliphatic rings. The molecule has 0 spiro atoms. The van der Waals surface area contributed by atoms with Crippen LogP contribution >= 0.6 is 11.3 Å². The Kier molecular flexibility index (Phi) is 8.34. The smallest absolute Gasteiger partial charge is 0.266 e. The van der Waals surface area contributed by atoms with Crippen LogP contribution in [0.25, 0.3) is 21.5 Å². The van der Waals surface area contributed by atoms with Crippen molar-refractivity contribution in [1.82, 2.24) is 28.9 Å². The van der Waals surface area contributed by atoms with Gasteiger partial charge in [0.05, 0.1) is 17.5 Å². The molecule has 2 atom stereocenters. The Morgan fingerprint density at radius 3 is 2.56 bits per heavy atom. The van der Waals surface area contributed by atoms with E-state index < -0.39 is 17.3 Å². The monoisotopic (exact) mass is 669 g/mol. The molecule has 2 aliphatic heterocycles. The predicted octanol–water partition coefficient (Wildman–Crippen LogP) is 3.88. The van der Waals surface area contributed by atoms with Gasteiger partial charge in [0, 0.05) is 67.9 Å². The molecule has 0 radical (unpaired) electrons. The van der Waals surface area contributed by atoms with Crippen LogP contribution in [0, 0.1) is 11.7 Å². The number of likely N-dealkylation sites (tertiary alicyclic amines) is 2. The Labute approximate surface area is 280 Å². The lowest BCUT2D eigenvalue weighted by Gasteiger charge is -2.43. The summed E-state index contributed by atoms with van der Waals surface area (Å²) in [6, 6.07) is 16.1. The van der Waals surface area contributed by atoms with Crippen LogP contribution in [0.15, 0.2) is 78.1 Å². The molecule has 48 heavy (non-hydrogen) atoms. The minimum atomic E-state index is -1.16. The number of pyridine rings is 1. The van der Waals surface area contributed by atoms with E-state index in [0.29, 0.717) is 66.2 Å². The van der Waals surface area contributed by atoms with Crippen LogP contribution in [0.4, 0.5) is 10.2 Å². The van der Waals surface area contributed by atoms with E-state index in [1.807, 2.05) is 37.4 Å². The third kappa shape index (κ3) is 5.99. The number of aromatic nitrogens is 4. The van der Waals surface area contributed by atoms with E-state index in [4.69, 9.17) is 5.73 Å². The number of hydrogen-bond acceptors (Lipinski definition) is 8. The van der Waals surface area contributed by atoms with Crippen molar-refractivity contribution in [3.05, 3.63) is 99.9 Å². The van der Waals surface area contributed by atoms with Crippen LogP contribution in [-0.4, -0.2) is 77.6 Å². The molecule has 2 saturated heterocycles. The Hall–Kier alpha value is -4.88. The molecule has 248 valence electrons. The zero-order chi connectivity index (χ0) is 33.6. The molecule has 7 rings (SSSR count). The van der Waals surface area contributed by atoms with Crippen LogP contribution in [0.3, 0.4) is 0 Å². The van der Waals surface area contributed by atoms with Gasteiger partial charge in [-0.25, -0.2) is 14.4 Å². The van der Waals surface area contributed by atoms with E-state index in [1.54, 1.807) is 45.0 Å². The molecule has 3 N–H and O–H groups in total. The molecule has 6 heterocycles. The molecule has 0 unspecified atom stereocenters.